The second-order valence-electron chi connectivity index (χ2n) is 15.2. The Morgan fingerprint density at radius 1 is 0.914 bits per heavy atom. The molecule has 1 saturated heterocycles. The van der Waals surface area contributed by atoms with Gasteiger partial charge in [0.15, 0.2) is 5.75 Å². The van der Waals surface area contributed by atoms with Crippen LogP contribution in [0.2, 0.25) is 0 Å². The van der Waals surface area contributed by atoms with E-state index in [0.29, 0.717) is 26.2 Å². The number of phenols is 3. The molecule has 0 radical (unpaired) electrons. The number of fused-ring (bicyclic) bond motifs is 15. The lowest BCUT2D eigenvalue weighted by Crippen LogP contribution is -2.46. The molecule has 318 valence electrons. The van der Waals surface area contributed by atoms with Gasteiger partial charge in [0.05, 0.1) is 59.9 Å². The lowest BCUT2D eigenvalue weighted by molar-refractivity contribution is -0.160. The van der Waals surface area contributed by atoms with Crippen molar-refractivity contribution in [2.24, 2.45) is 28.8 Å². The summed E-state index contributed by atoms with van der Waals surface area (Å²) in [5.74, 6) is -6.86. The number of hydrogen-bond acceptors (Lipinski definition) is 15. The van der Waals surface area contributed by atoms with Crippen LogP contribution in [0, 0.1) is 30.6 Å². The summed E-state index contributed by atoms with van der Waals surface area (Å²) in [4.78, 5) is 42.2. The molecule has 3 heterocycles. The quantitative estimate of drug-likeness (QED) is 0.108. The highest BCUT2D eigenvalue weighted by atomic mass is 16.5. The predicted octanol–water partition coefficient (Wildman–Crippen LogP) is 4.19. The number of nitrogens with zero attached hydrogens (tertiary/aromatic N) is 3. The standard InChI is InChI=1S/C42H58N4O12/c1-21-12-11-13-22(2)41(53)44-33-28(20-43-46-17-15-45(8)16-18-46)37(51)30-31(38(33)52)36(50)26(6)40(56-10)32(30)42(54)57-19-14-29(55-9)23(3)39(58-27(7)47)25(5)35(49)24(4)34(21)48/h11-14,19-21,23-25,29,34-35,39,48-52H,15-18H2,1-10H3,(H,44,53)/b12-11+,19-14+,22-13-,43-20?. The summed E-state index contributed by atoms with van der Waals surface area (Å²) >= 11 is 0. The van der Waals surface area contributed by atoms with Crippen molar-refractivity contribution < 1.29 is 58.9 Å². The summed E-state index contributed by atoms with van der Waals surface area (Å²) in [7, 11) is 4.64. The summed E-state index contributed by atoms with van der Waals surface area (Å²) < 4.78 is 22.6. The van der Waals surface area contributed by atoms with Crippen LogP contribution in [0.3, 0.4) is 0 Å². The largest absolute Gasteiger partial charge is 0.507 e. The van der Waals surface area contributed by atoms with Gasteiger partial charge in [-0.2, -0.15) is 5.10 Å². The van der Waals surface area contributed by atoms with Crippen LogP contribution in [0.25, 0.3) is 10.8 Å². The maximum Gasteiger partial charge on any atom is 0.347 e. The van der Waals surface area contributed by atoms with E-state index in [0.717, 1.165) is 6.26 Å². The van der Waals surface area contributed by atoms with E-state index in [-0.39, 0.29) is 44.5 Å². The fraction of sp³-hybridized carbons (Fsp3) is 0.524. The molecule has 4 bridgehead atoms. The maximum absolute atomic E-state index is 14.1. The lowest BCUT2D eigenvalue weighted by atomic mass is 9.78. The smallest absolute Gasteiger partial charge is 0.347 e. The number of hydrogen-bond donors (Lipinski definition) is 6. The van der Waals surface area contributed by atoms with Crippen LogP contribution < -0.4 is 10.1 Å². The van der Waals surface area contributed by atoms with Gasteiger partial charge in [-0.3, -0.25) is 14.6 Å². The van der Waals surface area contributed by atoms with Gasteiger partial charge >= 0.3 is 11.9 Å². The minimum Gasteiger partial charge on any atom is -0.507 e. The van der Waals surface area contributed by atoms with E-state index < -0.39 is 83.2 Å². The predicted molar refractivity (Wildman–Crippen MR) is 218 cm³/mol. The first-order chi connectivity index (χ1) is 27.4. The number of esters is 2. The van der Waals surface area contributed by atoms with Crippen molar-refractivity contribution in [3.05, 3.63) is 52.8 Å². The number of nitrogens with one attached hydrogen (secondary N) is 1. The van der Waals surface area contributed by atoms with E-state index in [2.05, 4.69) is 15.3 Å². The van der Waals surface area contributed by atoms with Crippen LogP contribution in [0.15, 0.2) is 41.2 Å². The highest BCUT2D eigenvalue weighted by molar-refractivity contribution is 6.20. The molecule has 1 amide bonds. The van der Waals surface area contributed by atoms with E-state index in [4.69, 9.17) is 18.9 Å². The second-order valence-corrected chi connectivity index (χ2v) is 15.2. The first-order valence-electron chi connectivity index (χ1n) is 19.2. The zero-order valence-corrected chi connectivity index (χ0v) is 34.8. The third-order valence-electron chi connectivity index (χ3n) is 11.2. The fourth-order valence-electron chi connectivity index (χ4n) is 7.47. The first kappa shape index (κ1) is 45.5. The fourth-order valence-corrected chi connectivity index (χ4v) is 7.47. The number of amides is 1. The molecular formula is C42H58N4O12. The van der Waals surface area contributed by atoms with Gasteiger partial charge in [0, 0.05) is 75.0 Å². The molecule has 0 aromatic heterocycles. The average Bonchev–Trinajstić information content (AvgIpc) is 3.19. The number of ether oxygens (including phenoxy) is 4. The Hall–Kier alpha value is -5.16. The van der Waals surface area contributed by atoms with E-state index >= 15 is 0 Å². The van der Waals surface area contributed by atoms with Crippen LogP contribution in [0.5, 0.6) is 23.0 Å². The Morgan fingerprint density at radius 2 is 1.57 bits per heavy atom. The Bertz CT molecular complexity index is 1970. The number of allylic oxidation sites excluding steroid dienone is 2. The van der Waals surface area contributed by atoms with Crippen molar-refractivity contribution in [1.29, 1.82) is 0 Å². The number of anilines is 1. The van der Waals surface area contributed by atoms with Crippen molar-refractivity contribution in [1.82, 2.24) is 9.91 Å². The number of piperazine rings is 1. The van der Waals surface area contributed by atoms with Crippen LogP contribution >= 0.6 is 0 Å². The molecule has 2 aromatic rings. The van der Waals surface area contributed by atoms with Gasteiger partial charge in [-0.15, -0.1) is 0 Å². The Kier molecular flexibility index (Phi) is 15.3. The van der Waals surface area contributed by atoms with Crippen molar-refractivity contribution in [3.8, 4) is 23.0 Å². The molecular weight excluding hydrogens is 752 g/mol. The van der Waals surface area contributed by atoms with Gasteiger partial charge < -0.3 is 54.7 Å². The second kappa shape index (κ2) is 19.5. The maximum atomic E-state index is 14.1. The van der Waals surface area contributed by atoms with Gasteiger partial charge in [-0.1, -0.05) is 45.9 Å². The average molecular weight is 811 g/mol. The highest BCUT2D eigenvalue weighted by Crippen LogP contribution is 2.52. The van der Waals surface area contributed by atoms with Crippen molar-refractivity contribution in [3.63, 3.8) is 0 Å². The minimum atomic E-state index is -1.15. The summed E-state index contributed by atoms with van der Waals surface area (Å²) in [6, 6.07) is 0. The first-order valence-corrected chi connectivity index (χ1v) is 19.2. The monoisotopic (exact) mass is 810 g/mol. The van der Waals surface area contributed by atoms with Crippen LogP contribution in [-0.4, -0.2) is 131 Å². The molecule has 8 unspecified atom stereocenters. The van der Waals surface area contributed by atoms with E-state index in [1.807, 2.05) is 7.05 Å². The van der Waals surface area contributed by atoms with Gasteiger partial charge in [0.2, 0.25) is 0 Å². The Balaban J connectivity index is 1.99. The topological polar surface area (TPSA) is 220 Å². The summed E-state index contributed by atoms with van der Waals surface area (Å²) in [5, 5.41) is 66.4. The Labute approximate surface area is 339 Å². The number of carbonyl (C=O) groups excluding carboxylic acids is 3. The number of benzene rings is 2. The number of rotatable bonds is 5. The molecule has 0 saturated carbocycles. The molecule has 2 aromatic carbocycles. The van der Waals surface area contributed by atoms with Gasteiger partial charge in [0.1, 0.15) is 28.9 Å². The number of hydrazone groups is 1. The number of carbonyl (C=O) groups is 3. The number of aliphatic hydroxyl groups excluding tert-OH is 2. The number of methoxy groups -OCH3 is 2. The SMILES string of the molecule is COc1c(C)c(O)c2c(O)c3c(C=NN4CCN(C)CC4)c(O)c2c1C(=O)O/C=C/C(OC)C(C)C(OC(C)=O)C(C)C(O)C(C)C(O)C(C)/C=C/C=C(/C)C(=O)N3. The lowest BCUT2D eigenvalue weighted by Gasteiger charge is -2.38. The Morgan fingerprint density at radius 3 is 2.17 bits per heavy atom. The molecule has 58 heavy (non-hydrogen) atoms. The normalized spacial score (nSPS) is 29.2. The molecule has 16 heteroatoms. The number of likely N-dealkylation sites (N-methyl/N-ethyl adjacent to an activating group) is 1. The summed E-state index contributed by atoms with van der Waals surface area (Å²) in [6.07, 6.45) is 4.50. The zero-order valence-electron chi connectivity index (χ0n) is 34.8. The third-order valence-corrected chi connectivity index (χ3v) is 11.2. The van der Waals surface area contributed by atoms with Crippen LogP contribution in [0.4, 0.5) is 5.69 Å². The van der Waals surface area contributed by atoms with Crippen LogP contribution in [-0.2, 0) is 23.8 Å². The van der Waals surface area contributed by atoms with Crippen molar-refractivity contribution in [2.75, 3.05) is 52.8 Å². The molecule has 1 fully saturated rings. The van der Waals surface area contributed by atoms with Gasteiger partial charge in [0.25, 0.3) is 5.91 Å². The summed E-state index contributed by atoms with van der Waals surface area (Å²) in [5.41, 5.74) is -0.625. The van der Waals surface area contributed by atoms with Gasteiger partial charge in [-0.25, -0.2) is 4.79 Å². The molecule has 3 aliphatic rings. The molecule has 5 rings (SSSR count). The minimum absolute atomic E-state index is 0.0224. The van der Waals surface area contributed by atoms with E-state index in [9.17, 15) is 39.9 Å². The molecule has 3 aliphatic heterocycles. The molecule has 0 spiro atoms. The molecule has 6 N–H and O–H groups in total. The molecule has 0 aliphatic carbocycles. The third kappa shape index (κ3) is 9.74. The zero-order chi connectivity index (χ0) is 43.2. The van der Waals surface area contributed by atoms with Crippen LogP contribution in [0.1, 0.15) is 63.0 Å². The van der Waals surface area contributed by atoms with Crippen molar-refractivity contribution in [2.45, 2.75) is 72.9 Å². The highest BCUT2D eigenvalue weighted by Gasteiger charge is 2.39. The molecule has 8 atom stereocenters. The molecule has 16 nitrogen and oxygen atoms in total. The van der Waals surface area contributed by atoms with E-state index in [1.54, 1.807) is 44.9 Å². The van der Waals surface area contributed by atoms with Gasteiger partial charge in [-0.05, 0) is 27.0 Å². The number of aliphatic hydroxyl groups is 2. The number of phenolic OH excluding ortho intramolecular Hbond substituents is 3. The van der Waals surface area contributed by atoms with Crippen molar-refractivity contribution >= 4 is 40.5 Å². The summed E-state index contributed by atoms with van der Waals surface area (Å²) in [6.45, 7) is 13.6. The van der Waals surface area contributed by atoms with E-state index in [1.165, 1.54) is 53.4 Å². The number of aromatic hydroxyl groups is 3.